The van der Waals surface area contributed by atoms with Gasteiger partial charge in [-0.1, -0.05) is 0 Å². The number of aromatic nitrogens is 1. The van der Waals surface area contributed by atoms with Gasteiger partial charge in [-0.2, -0.15) is 0 Å². The number of hydrogen-bond donors (Lipinski definition) is 1. The Bertz CT molecular complexity index is 650. The van der Waals surface area contributed by atoms with Crippen LogP contribution in [0.4, 0.5) is 0 Å². The molecule has 0 radical (unpaired) electrons. The zero-order valence-corrected chi connectivity index (χ0v) is 11.4. The second kappa shape index (κ2) is 5.03. The van der Waals surface area contributed by atoms with E-state index in [2.05, 4.69) is 5.32 Å². The van der Waals surface area contributed by atoms with E-state index < -0.39 is 0 Å². The molecule has 106 valence electrons. The first-order valence-corrected chi connectivity index (χ1v) is 6.76. The molecule has 1 N–H and O–H groups in total. The summed E-state index contributed by atoms with van der Waals surface area (Å²) in [5.74, 6) is -0.278. The molecule has 0 aliphatic carbocycles. The third-order valence-electron chi connectivity index (χ3n) is 3.76. The van der Waals surface area contributed by atoms with Gasteiger partial charge in [0.05, 0.1) is 18.3 Å². The molecule has 3 heterocycles. The van der Waals surface area contributed by atoms with Crippen molar-refractivity contribution in [2.75, 3.05) is 19.6 Å². The van der Waals surface area contributed by atoms with Gasteiger partial charge in [0.1, 0.15) is 5.69 Å². The highest BCUT2D eigenvalue weighted by Gasteiger charge is 2.20. The quantitative estimate of drug-likeness (QED) is 0.913. The Hall–Kier alpha value is -2.24. The highest BCUT2D eigenvalue weighted by molar-refractivity contribution is 5.99. The Morgan fingerprint density at radius 2 is 2.10 bits per heavy atom. The number of rotatable bonds is 3. The van der Waals surface area contributed by atoms with Gasteiger partial charge in [0, 0.05) is 32.3 Å². The van der Waals surface area contributed by atoms with Crippen molar-refractivity contribution in [1.82, 2.24) is 14.8 Å². The number of carbonyl (C=O) groups excluding carboxylic acids is 2. The Balaban J connectivity index is 1.65. The molecule has 6 heteroatoms. The predicted molar refractivity (Wildman–Crippen MR) is 73.3 cm³/mol. The predicted octanol–water partition coefficient (Wildman–Crippen LogP) is 1.12. The summed E-state index contributed by atoms with van der Waals surface area (Å²) in [5, 5.41) is 2.67. The van der Waals surface area contributed by atoms with Gasteiger partial charge in [-0.3, -0.25) is 9.59 Å². The molecular formula is C14H17N3O3. The Morgan fingerprint density at radius 3 is 2.80 bits per heavy atom. The van der Waals surface area contributed by atoms with E-state index in [0.717, 1.165) is 31.4 Å². The van der Waals surface area contributed by atoms with Gasteiger partial charge in [0.2, 0.25) is 5.91 Å². The summed E-state index contributed by atoms with van der Waals surface area (Å²) in [7, 11) is 1.80. The lowest BCUT2D eigenvalue weighted by Crippen LogP contribution is -2.39. The highest BCUT2D eigenvalue weighted by Crippen LogP contribution is 2.19. The van der Waals surface area contributed by atoms with E-state index in [0.29, 0.717) is 11.3 Å². The molecule has 6 nitrogen and oxygen atoms in total. The molecule has 20 heavy (non-hydrogen) atoms. The number of likely N-dealkylation sites (tertiary alicyclic amines) is 1. The number of amides is 2. The van der Waals surface area contributed by atoms with Crippen LogP contribution in [0.2, 0.25) is 0 Å². The maximum absolute atomic E-state index is 12.1. The molecule has 0 bridgehead atoms. The Labute approximate surface area is 116 Å². The zero-order chi connectivity index (χ0) is 14.1. The van der Waals surface area contributed by atoms with Crippen LogP contribution >= 0.6 is 0 Å². The lowest BCUT2D eigenvalue weighted by atomic mass is 10.4. The van der Waals surface area contributed by atoms with Gasteiger partial charge < -0.3 is 19.2 Å². The zero-order valence-electron chi connectivity index (χ0n) is 11.4. The minimum Gasteiger partial charge on any atom is -0.463 e. The van der Waals surface area contributed by atoms with Gasteiger partial charge in [-0.05, 0) is 12.8 Å². The van der Waals surface area contributed by atoms with Crippen LogP contribution in [0.1, 0.15) is 23.3 Å². The summed E-state index contributed by atoms with van der Waals surface area (Å²) in [6.07, 6.45) is 3.69. The van der Waals surface area contributed by atoms with Gasteiger partial charge in [-0.15, -0.1) is 0 Å². The standard InChI is InChI=1S/C14H17N3O3/c1-16-10-4-7-20-12(10)8-11(16)14(19)15-9-13(18)17-5-2-3-6-17/h4,7-8H,2-3,5-6,9H2,1H3,(H,15,19). The fourth-order valence-electron chi connectivity index (χ4n) is 2.59. The van der Waals surface area contributed by atoms with Crippen molar-refractivity contribution in [2.45, 2.75) is 12.8 Å². The monoisotopic (exact) mass is 275 g/mol. The third-order valence-corrected chi connectivity index (χ3v) is 3.76. The Kier molecular flexibility index (Phi) is 3.22. The van der Waals surface area contributed by atoms with E-state index in [1.54, 1.807) is 28.8 Å². The number of fused-ring (bicyclic) bond motifs is 1. The number of nitrogens with zero attached hydrogens (tertiary/aromatic N) is 2. The molecule has 0 unspecified atom stereocenters. The van der Waals surface area contributed by atoms with E-state index in [1.165, 1.54) is 0 Å². The van der Waals surface area contributed by atoms with E-state index in [9.17, 15) is 9.59 Å². The molecule has 2 aromatic heterocycles. The average molecular weight is 275 g/mol. The van der Waals surface area contributed by atoms with Crippen molar-refractivity contribution in [3.63, 3.8) is 0 Å². The molecular weight excluding hydrogens is 258 g/mol. The van der Waals surface area contributed by atoms with E-state index in [1.807, 2.05) is 6.07 Å². The van der Waals surface area contributed by atoms with Crippen molar-refractivity contribution >= 4 is 22.9 Å². The summed E-state index contributed by atoms with van der Waals surface area (Å²) in [4.78, 5) is 25.8. The summed E-state index contributed by atoms with van der Waals surface area (Å²) in [5.41, 5.74) is 2.03. The fourth-order valence-corrected chi connectivity index (χ4v) is 2.59. The molecule has 2 amide bonds. The first kappa shape index (κ1) is 12.8. The van der Waals surface area contributed by atoms with Crippen LogP contribution in [0, 0.1) is 0 Å². The first-order valence-electron chi connectivity index (χ1n) is 6.76. The van der Waals surface area contributed by atoms with Crippen LogP contribution in [0.15, 0.2) is 22.8 Å². The smallest absolute Gasteiger partial charge is 0.268 e. The molecule has 3 rings (SSSR count). The summed E-state index contributed by atoms with van der Waals surface area (Å²) < 4.78 is 7.02. The molecule has 0 spiro atoms. The van der Waals surface area contributed by atoms with Gasteiger partial charge >= 0.3 is 0 Å². The number of carbonyl (C=O) groups is 2. The van der Waals surface area contributed by atoms with Crippen LogP contribution in [0.25, 0.3) is 11.1 Å². The second-order valence-corrected chi connectivity index (χ2v) is 5.03. The van der Waals surface area contributed by atoms with Crippen molar-refractivity contribution in [2.24, 2.45) is 7.05 Å². The molecule has 0 atom stereocenters. The van der Waals surface area contributed by atoms with Crippen molar-refractivity contribution < 1.29 is 14.0 Å². The number of aryl methyl sites for hydroxylation is 1. The molecule has 0 aromatic carbocycles. The molecule has 1 aliphatic heterocycles. The topological polar surface area (TPSA) is 67.5 Å². The van der Waals surface area contributed by atoms with E-state index >= 15 is 0 Å². The normalized spacial score (nSPS) is 14.9. The summed E-state index contributed by atoms with van der Waals surface area (Å²) >= 11 is 0. The lowest BCUT2D eigenvalue weighted by molar-refractivity contribution is -0.129. The average Bonchev–Trinajstić information content (AvgIpc) is 3.14. The number of hydrogen-bond acceptors (Lipinski definition) is 3. The molecule has 2 aromatic rings. The van der Waals surface area contributed by atoms with Gasteiger partial charge in [-0.25, -0.2) is 0 Å². The van der Waals surface area contributed by atoms with Gasteiger partial charge in [0.15, 0.2) is 5.58 Å². The third kappa shape index (κ3) is 2.17. The maximum atomic E-state index is 12.1. The number of nitrogens with one attached hydrogen (secondary N) is 1. The van der Waals surface area contributed by atoms with Crippen molar-refractivity contribution in [3.8, 4) is 0 Å². The minimum atomic E-state index is -0.258. The van der Waals surface area contributed by atoms with Crippen LogP contribution in [-0.4, -0.2) is 40.9 Å². The van der Waals surface area contributed by atoms with Crippen LogP contribution in [-0.2, 0) is 11.8 Å². The Morgan fingerprint density at radius 1 is 1.35 bits per heavy atom. The first-order chi connectivity index (χ1) is 9.66. The van der Waals surface area contributed by atoms with Crippen LogP contribution in [0.5, 0.6) is 0 Å². The largest absolute Gasteiger partial charge is 0.463 e. The number of furan rings is 1. The SMILES string of the molecule is Cn1c(C(=O)NCC(=O)N2CCCC2)cc2occc21. The second-order valence-electron chi connectivity index (χ2n) is 5.03. The van der Waals surface area contributed by atoms with Crippen LogP contribution < -0.4 is 5.32 Å². The van der Waals surface area contributed by atoms with Crippen molar-refractivity contribution in [1.29, 1.82) is 0 Å². The fraction of sp³-hybridized carbons (Fsp3) is 0.429. The summed E-state index contributed by atoms with van der Waals surface area (Å²) in [6.45, 7) is 1.64. The van der Waals surface area contributed by atoms with E-state index in [-0.39, 0.29) is 18.4 Å². The molecule has 1 saturated heterocycles. The van der Waals surface area contributed by atoms with E-state index in [4.69, 9.17) is 4.42 Å². The molecule has 0 saturated carbocycles. The lowest BCUT2D eigenvalue weighted by Gasteiger charge is -2.15. The van der Waals surface area contributed by atoms with Crippen molar-refractivity contribution in [3.05, 3.63) is 24.1 Å². The van der Waals surface area contributed by atoms with Gasteiger partial charge in [0.25, 0.3) is 5.91 Å². The van der Waals surface area contributed by atoms with Crippen LogP contribution in [0.3, 0.4) is 0 Å². The highest BCUT2D eigenvalue weighted by atomic mass is 16.3. The summed E-state index contributed by atoms with van der Waals surface area (Å²) in [6, 6.07) is 3.49. The molecule has 1 fully saturated rings. The maximum Gasteiger partial charge on any atom is 0.268 e. The minimum absolute atomic E-state index is 0.0197. The molecule has 1 aliphatic rings.